The molecule has 0 unspecified atom stereocenters. The molecule has 0 aromatic heterocycles. The molecule has 5 nitrogen and oxygen atoms in total. The van der Waals surface area contributed by atoms with Crippen molar-refractivity contribution in [3.8, 4) is 0 Å². The van der Waals surface area contributed by atoms with Crippen LogP contribution in [0.15, 0.2) is 60.7 Å². The minimum absolute atomic E-state index is 0.144. The molecule has 2 aromatic rings. The largest absolute Gasteiger partial charge is 0.463 e. The summed E-state index contributed by atoms with van der Waals surface area (Å²) in [6.07, 6.45) is 0.145. The van der Waals surface area contributed by atoms with Crippen molar-refractivity contribution in [2.45, 2.75) is 19.1 Å². The van der Waals surface area contributed by atoms with Crippen LogP contribution in [0.1, 0.15) is 11.1 Å². The SMILES string of the molecule is N[C@@H](COC(=O)Cc1ccccc1)C(=O)OCc1ccccc1. The maximum absolute atomic E-state index is 11.7. The predicted octanol–water partition coefficient (Wildman–Crippen LogP) is 1.84. The summed E-state index contributed by atoms with van der Waals surface area (Å²) in [6, 6.07) is 17.5. The number of ether oxygens (including phenoxy) is 2. The van der Waals surface area contributed by atoms with Crippen LogP contribution in [0, 0.1) is 0 Å². The van der Waals surface area contributed by atoms with E-state index in [1.165, 1.54) is 0 Å². The molecule has 0 heterocycles. The van der Waals surface area contributed by atoms with Crippen LogP contribution >= 0.6 is 0 Å². The number of carbonyl (C=O) groups is 2. The number of esters is 2. The summed E-state index contributed by atoms with van der Waals surface area (Å²) in [5.74, 6) is -1.02. The van der Waals surface area contributed by atoms with Crippen molar-refractivity contribution in [2.75, 3.05) is 6.61 Å². The van der Waals surface area contributed by atoms with E-state index in [-0.39, 0.29) is 19.6 Å². The van der Waals surface area contributed by atoms with E-state index in [0.717, 1.165) is 11.1 Å². The van der Waals surface area contributed by atoms with Gasteiger partial charge in [0.05, 0.1) is 6.42 Å². The van der Waals surface area contributed by atoms with Gasteiger partial charge in [-0.3, -0.25) is 9.59 Å². The Balaban J connectivity index is 1.70. The molecule has 0 fully saturated rings. The first-order valence-electron chi connectivity index (χ1n) is 7.31. The number of carbonyl (C=O) groups excluding carboxylic acids is 2. The van der Waals surface area contributed by atoms with Gasteiger partial charge in [0.2, 0.25) is 0 Å². The van der Waals surface area contributed by atoms with Gasteiger partial charge in [0.15, 0.2) is 0 Å². The van der Waals surface area contributed by atoms with Crippen LogP contribution in [-0.2, 0) is 32.1 Å². The number of hydrogen-bond donors (Lipinski definition) is 1. The summed E-state index contributed by atoms with van der Waals surface area (Å²) >= 11 is 0. The Hall–Kier alpha value is -2.66. The zero-order valence-electron chi connectivity index (χ0n) is 12.7. The summed E-state index contributed by atoms with van der Waals surface area (Å²) in [4.78, 5) is 23.4. The molecule has 0 aliphatic heterocycles. The molecule has 0 bridgehead atoms. The molecule has 5 heteroatoms. The van der Waals surface area contributed by atoms with E-state index in [2.05, 4.69) is 0 Å². The van der Waals surface area contributed by atoms with E-state index in [1.807, 2.05) is 60.7 Å². The molecule has 0 spiro atoms. The third kappa shape index (κ3) is 5.92. The lowest BCUT2D eigenvalue weighted by molar-refractivity contribution is -0.151. The Kier molecular flexibility index (Phi) is 6.32. The first kappa shape index (κ1) is 16.7. The Morgan fingerprint density at radius 1 is 0.870 bits per heavy atom. The number of hydrogen-bond acceptors (Lipinski definition) is 5. The van der Waals surface area contributed by atoms with Crippen molar-refractivity contribution in [1.29, 1.82) is 0 Å². The highest BCUT2D eigenvalue weighted by molar-refractivity contribution is 5.77. The zero-order chi connectivity index (χ0) is 16.5. The van der Waals surface area contributed by atoms with Crippen molar-refractivity contribution in [1.82, 2.24) is 0 Å². The molecule has 0 aliphatic carbocycles. The quantitative estimate of drug-likeness (QED) is 0.789. The van der Waals surface area contributed by atoms with Crippen molar-refractivity contribution < 1.29 is 19.1 Å². The van der Waals surface area contributed by atoms with E-state index in [9.17, 15) is 9.59 Å². The van der Waals surface area contributed by atoms with Crippen LogP contribution < -0.4 is 5.73 Å². The normalized spacial score (nSPS) is 11.5. The molecule has 1 atom stereocenters. The first-order chi connectivity index (χ1) is 11.1. The van der Waals surface area contributed by atoms with Crippen LogP contribution in [0.25, 0.3) is 0 Å². The molecule has 0 saturated carbocycles. The molecule has 120 valence electrons. The van der Waals surface area contributed by atoms with E-state index in [1.54, 1.807) is 0 Å². The average Bonchev–Trinajstić information content (AvgIpc) is 2.59. The molecule has 0 radical (unpaired) electrons. The van der Waals surface area contributed by atoms with Gasteiger partial charge < -0.3 is 15.2 Å². The smallest absolute Gasteiger partial charge is 0.326 e. The van der Waals surface area contributed by atoms with E-state index >= 15 is 0 Å². The highest BCUT2D eigenvalue weighted by atomic mass is 16.6. The summed E-state index contributed by atoms with van der Waals surface area (Å²) in [5, 5.41) is 0. The van der Waals surface area contributed by atoms with Crippen LogP contribution in [0.5, 0.6) is 0 Å². The van der Waals surface area contributed by atoms with Crippen LogP contribution in [0.3, 0.4) is 0 Å². The highest BCUT2D eigenvalue weighted by Crippen LogP contribution is 2.03. The maximum atomic E-state index is 11.7. The van der Waals surface area contributed by atoms with Crippen LogP contribution in [0.4, 0.5) is 0 Å². The Morgan fingerprint density at radius 3 is 2.04 bits per heavy atom. The Bertz CT molecular complexity index is 628. The van der Waals surface area contributed by atoms with Crippen molar-refractivity contribution >= 4 is 11.9 Å². The molecule has 0 amide bonds. The third-order valence-corrected chi connectivity index (χ3v) is 3.14. The second-order valence-electron chi connectivity index (χ2n) is 5.05. The number of benzene rings is 2. The van der Waals surface area contributed by atoms with E-state index in [4.69, 9.17) is 15.2 Å². The summed E-state index contributed by atoms with van der Waals surface area (Å²) in [5.41, 5.74) is 7.39. The lowest BCUT2D eigenvalue weighted by Crippen LogP contribution is -2.37. The molecule has 2 rings (SSSR count). The summed E-state index contributed by atoms with van der Waals surface area (Å²) < 4.78 is 10.1. The van der Waals surface area contributed by atoms with Gasteiger partial charge >= 0.3 is 11.9 Å². The molecular weight excluding hydrogens is 294 g/mol. The second kappa shape index (κ2) is 8.70. The lowest BCUT2D eigenvalue weighted by atomic mass is 10.2. The van der Waals surface area contributed by atoms with Gasteiger partial charge in [-0.15, -0.1) is 0 Å². The minimum atomic E-state index is -0.988. The Labute approximate surface area is 135 Å². The fraction of sp³-hybridized carbons (Fsp3) is 0.222. The van der Waals surface area contributed by atoms with Gasteiger partial charge in [-0.25, -0.2) is 0 Å². The first-order valence-corrected chi connectivity index (χ1v) is 7.31. The second-order valence-corrected chi connectivity index (χ2v) is 5.05. The van der Waals surface area contributed by atoms with Crippen molar-refractivity contribution in [3.05, 3.63) is 71.8 Å². The van der Waals surface area contributed by atoms with E-state index in [0.29, 0.717) is 0 Å². The standard InChI is InChI=1S/C18H19NO4/c19-16(18(21)23-12-15-9-5-2-6-10-15)13-22-17(20)11-14-7-3-1-4-8-14/h1-10,16H,11-13,19H2/t16-/m0/s1. The number of rotatable bonds is 7. The summed E-state index contributed by atoms with van der Waals surface area (Å²) in [7, 11) is 0. The van der Waals surface area contributed by atoms with E-state index < -0.39 is 18.0 Å². The number of nitrogens with two attached hydrogens (primary N) is 1. The minimum Gasteiger partial charge on any atom is -0.463 e. The Morgan fingerprint density at radius 2 is 1.43 bits per heavy atom. The average molecular weight is 313 g/mol. The van der Waals surface area contributed by atoms with Gasteiger partial charge in [-0.05, 0) is 11.1 Å². The molecule has 0 aliphatic rings. The summed E-state index contributed by atoms with van der Waals surface area (Å²) in [6.45, 7) is -0.0510. The van der Waals surface area contributed by atoms with Gasteiger partial charge in [0, 0.05) is 0 Å². The maximum Gasteiger partial charge on any atom is 0.326 e. The van der Waals surface area contributed by atoms with Crippen molar-refractivity contribution in [2.24, 2.45) is 5.73 Å². The van der Waals surface area contributed by atoms with Crippen LogP contribution in [0.2, 0.25) is 0 Å². The fourth-order valence-electron chi connectivity index (χ4n) is 1.90. The lowest BCUT2D eigenvalue weighted by Gasteiger charge is -2.12. The van der Waals surface area contributed by atoms with Crippen LogP contribution in [-0.4, -0.2) is 24.6 Å². The molecule has 0 saturated heterocycles. The predicted molar refractivity (Wildman–Crippen MR) is 85.3 cm³/mol. The molecule has 2 aromatic carbocycles. The fourth-order valence-corrected chi connectivity index (χ4v) is 1.90. The van der Waals surface area contributed by atoms with Crippen molar-refractivity contribution in [3.63, 3.8) is 0 Å². The van der Waals surface area contributed by atoms with Gasteiger partial charge in [0.1, 0.15) is 19.3 Å². The van der Waals surface area contributed by atoms with Gasteiger partial charge in [-0.2, -0.15) is 0 Å². The monoisotopic (exact) mass is 313 g/mol. The van der Waals surface area contributed by atoms with Gasteiger partial charge in [-0.1, -0.05) is 60.7 Å². The zero-order valence-corrected chi connectivity index (χ0v) is 12.7. The molecular formula is C18H19NO4. The topological polar surface area (TPSA) is 78.6 Å². The molecule has 2 N–H and O–H groups in total. The van der Waals surface area contributed by atoms with Gasteiger partial charge in [0.25, 0.3) is 0 Å². The highest BCUT2D eigenvalue weighted by Gasteiger charge is 2.17. The third-order valence-electron chi connectivity index (χ3n) is 3.14. The molecule has 23 heavy (non-hydrogen) atoms.